The zero-order chi connectivity index (χ0) is 22.8. The molecule has 1 amide bonds. The Hall–Kier alpha value is -3.78. The summed E-state index contributed by atoms with van der Waals surface area (Å²) in [5.41, 5.74) is 4.39. The first kappa shape index (κ1) is 21.1. The Morgan fingerprint density at radius 1 is 1.06 bits per heavy atom. The van der Waals surface area contributed by atoms with E-state index in [-0.39, 0.29) is 5.91 Å². The van der Waals surface area contributed by atoms with Crippen LogP contribution in [0.25, 0.3) is 22.4 Å². The summed E-state index contributed by atoms with van der Waals surface area (Å²) in [5.74, 6) is 0.739. The quantitative estimate of drug-likeness (QED) is 0.466. The summed E-state index contributed by atoms with van der Waals surface area (Å²) < 4.78 is 10.7. The molecule has 8 heteroatoms. The van der Waals surface area contributed by atoms with Crippen molar-refractivity contribution in [2.24, 2.45) is 0 Å². The standard InChI is InChI=1S/C25H25N5O3/c1-17-23-21(15-22(27-24(23)33-28-17)19-3-5-20(32-2)6-4-19)25(31)30-13-11-29(12-14-30)16-18-7-9-26-10-8-18/h3-10,15H,11-14,16H2,1-2H3. The summed E-state index contributed by atoms with van der Waals surface area (Å²) in [4.78, 5) is 26.5. The van der Waals surface area contributed by atoms with Gasteiger partial charge in [0.1, 0.15) is 5.75 Å². The lowest BCUT2D eigenvalue weighted by Crippen LogP contribution is -2.48. The van der Waals surface area contributed by atoms with Crippen LogP contribution in [0.3, 0.4) is 0 Å². The maximum atomic E-state index is 13.6. The van der Waals surface area contributed by atoms with Crippen LogP contribution < -0.4 is 4.74 Å². The van der Waals surface area contributed by atoms with Crippen molar-refractivity contribution in [3.8, 4) is 17.0 Å². The Balaban J connectivity index is 1.39. The predicted molar refractivity (Wildman–Crippen MR) is 124 cm³/mol. The third-order valence-electron chi connectivity index (χ3n) is 6.05. The molecule has 1 aliphatic heterocycles. The number of rotatable bonds is 5. The molecule has 3 aromatic heterocycles. The number of fused-ring (bicyclic) bond motifs is 1. The number of piperazine rings is 1. The number of amides is 1. The zero-order valence-electron chi connectivity index (χ0n) is 18.7. The van der Waals surface area contributed by atoms with E-state index < -0.39 is 0 Å². The largest absolute Gasteiger partial charge is 0.497 e. The first-order valence-electron chi connectivity index (χ1n) is 10.9. The molecule has 1 saturated heterocycles. The molecule has 8 nitrogen and oxygen atoms in total. The van der Waals surface area contributed by atoms with Gasteiger partial charge >= 0.3 is 0 Å². The van der Waals surface area contributed by atoms with Crippen molar-refractivity contribution in [1.82, 2.24) is 24.9 Å². The monoisotopic (exact) mass is 443 g/mol. The summed E-state index contributed by atoms with van der Waals surface area (Å²) in [6.07, 6.45) is 3.62. The van der Waals surface area contributed by atoms with Gasteiger partial charge in [-0.3, -0.25) is 14.7 Å². The molecule has 1 fully saturated rings. The SMILES string of the molecule is COc1ccc(-c2cc(C(=O)N3CCN(Cc4ccncc4)CC3)c3c(C)noc3n2)cc1. The second-order valence-electron chi connectivity index (χ2n) is 8.16. The van der Waals surface area contributed by atoms with Crippen LogP contribution in [-0.2, 0) is 6.54 Å². The van der Waals surface area contributed by atoms with Crippen LogP contribution in [0.5, 0.6) is 5.75 Å². The lowest BCUT2D eigenvalue weighted by atomic mass is 10.0. The molecule has 0 aliphatic carbocycles. The highest BCUT2D eigenvalue weighted by atomic mass is 16.5. The number of hydrogen-bond acceptors (Lipinski definition) is 7. The first-order valence-corrected chi connectivity index (χ1v) is 10.9. The maximum Gasteiger partial charge on any atom is 0.259 e. The van der Waals surface area contributed by atoms with Gasteiger partial charge in [0, 0.05) is 50.7 Å². The molecule has 33 heavy (non-hydrogen) atoms. The van der Waals surface area contributed by atoms with Crippen molar-refractivity contribution in [2.45, 2.75) is 13.5 Å². The average molecular weight is 444 g/mol. The van der Waals surface area contributed by atoms with Crippen molar-refractivity contribution in [1.29, 1.82) is 0 Å². The fourth-order valence-electron chi connectivity index (χ4n) is 4.20. The van der Waals surface area contributed by atoms with Gasteiger partial charge in [0.25, 0.3) is 11.6 Å². The van der Waals surface area contributed by atoms with Gasteiger partial charge in [0.15, 0.2) is 0 Å². The molecule has 0 saturated carbocycles. The first-order chi connectivity index (χ1) is 16.1. The Morgan fingerprint density at radius 2 is 1.79 bits per heavy atom. The molecule has 5 rings (SSSR count). The van der Waals surface area contributed by atoms with Gasteiger partial charge in [-0.05, 0) is 55.0 Å². The number of nitrogens with zero attached hydrogens (tertiary/aromatic N) is 5. The molecule has 0 bridgehead atoms. The fraction of sp³-hybridized carbons (Fsp3) is 0.280. The van der Waals surface area contributed by atoms with E-state index in [1.165, 1.54) is 5.56 Å². The van der Waals surface area contributed by atoms with Crippen LogP contribution in [-0.4, -0.2) is 64.1 Å². The van der Waals surface area contributed by atoms with Gasteiger partial charge < -0.3 is 14.2 Å². The van der Waals surface area contributed by atoms with Gasteiger partial charge in [0.2, 0.25) is 0 Å². The fourth-order valence-corrected chi connectivity index (χ4v) is 4.20. The number of hydrogen-bond donors (Lipinski definition) is 0. The molecular weight excluding hydrogens is 418 g/mol. The Bertz CT molecular complexity index is 1260. The van der Waals surface area contributed by atoms with Crippen molar-refractivity contribution in [2.75, 3.05) is 33.3 Å². The number of methoxy groups -OCH3 is 1. The van der Waals surface area contributed by atoms with Crippen LogP contribution in [0.15, 0.2) is 59.4 Å². The molecule has 168 valence electrons. The Morgan fingerprint density at radius 3 is 2.48 bits per heavy atom. The smallest absolute Gasteiger partial charge is 0.259 e. The molecule has 1 aliphatic rings. The van der Waals surface area contributed by atoms with E-state index >= 15 is 0 Å². The summed E-state index contributed by atoms with van der Waals surface area (Å²) in [6.45, 7) is 5.65. The second kappa shape index (κ2) is 8.99. The highest BCUT2D eigenvalue weighted by molar-refractivity contribution is 6.07. The number of pyridine rings is 2. The van der Waals surface area contributed by atoms with Gasteiger partial charge in [0.05, 0.1) is 29.4 Å². The predicted octanol–water partition coefficient (Wildman–Crippen LogP) is 3.56. The van der Waals surface area contributed by atoms with E-state index in [4.69, 9.17) is 9.26 Å². The van der Waals surface area contributed by atoms with Gasteiger partial charge in [-0.1, -0.05) is 5.16 Å². The number of carbonyl (C=O) groups excluding carboxylic acids is 1. The van der Waals surface area contributed by atoms with Gasteiger partial charge in [-0.25, -0.2) is 4.98 Å². The van der Waals surface area contributed by atoms with E-state index in [1.54, 1.807) is 7.11 Å². The minimum Gasteiger partial charge on any atom is -0.497 e. The van der Waals surface area contributed by atoms with E-state index in [0.29, 0.717) is 41.1 Å². The Labute approximate surface area is 191 Å². The summed E-state index contributed by atoms with van der Waals surface area (Å²) in [6, 6.07) is 13.5. The topological polar surface area (TPSA) is 84.6 Å². The third kappa shape index (κ3) is 4.29. The van der Waals surface area contributed by atoms with Crippen LogP contribution >= 0.6 is 0 Å². The summed E-state index contributed by atoms with van der Waals surface area (Å²) >= 11 is 0. The van der Waals surface area contributed by atoms with Crippen LogP contribution in [0.4, 0.5) is 0 Å². The van der Waals surface area contributed by atoms with Crippen molar-refractivity contribution in [3.05, 3.63) is 71.7 Å². The normalized spacial score (nSPS) is 14.5. The van der Waals surface area contributed by atoms with Crippen LogP contribution in [0.2, 0.25) is 0 Å². The molecule has 0 unspecified atom stereocenters. The van der Waals surface area contributed by atoms with Crippen molar-refractivity contribution >= 4 is 17.0 Å². The second-order valence-corrected chi connectivity index (χ2v) is 8.16. The highest BCUT2D eigenvalue weighted by Crippen LogP contribution is 2.29. The number of carbonyl (C=O) groups is 1. The minimum absolute atomic E-state index is 0.0213. The van der Waals surface area contributed by atoms with E-state index in [1.807, 2.05) is 66.7 Å². The van der Waals surface area contributed by atoms with Gasteiger partial charge in [-0.2, -0.15) is 0 Å². The number of ether oxygens (including phenoxy) is 1. The molecule has 0 N–H and O–H groups in total. The summed E-state index contributed by atoms with van der Waals surface area (Å²) in [7, 11) is 1.63. The lowest BCUT2D eigenvalue weighted by molar-refractivity contribution is 0.0630. The molecule has 0 atom stereocenters. The Kier molecular flexibility index (Phi) is 5.75. The maximum absolute atomic E-state index is 13.6. The van der Waals surface area contributed by atoms with Crippen molar-refractivity contribution in [3.63, 3.8) is 0 Å². The minimum atomic E-state index is -0.0213. The lowest BCUT2D eigenvalue weighted by Gasteiger charge is -2.35. The van der Waals surface area contributed by atoms with Crippen LogP contribution in [0.1, 0.15) is 21.6 Å². The van der Waals surface area contributed by atoms with Crippen LogP contribution in [0, 0.1) is 6.92 Å². The third-order valence-corrected chi connectivity index (χ3v) is 6.05. The molecule has 1 aromatic carbocycles. The number of aryl methyl sites for hydroxylation is 1. The zero-order valence-corrected chi connectivity index (χ0v) is 18.7. The molecular formula is C25H25N5O3. The van der Waals surface area contributed by atoms with Gasteiger partial charge in [-0.15, -0.1) is 0 Å². The molecule has 0 radical (unpaired) electrons. The molecule has 4 aromatic rings. The number of benzene rings is 1. The summed E-state index contributed by atoms with van der Waals surface area (Å²) in [5, 5.41) is 4.74. The average Bonchev–Trinajstić information content (AvgIpc) is 3.25. The highest BCUT2D eigenvalue weighted by Gasteiger charge is 2.26. The van der Waals surface area contributed by atoms with E-state index in [0.717, 1.165) is 30.9 Å². The van der Waals surface area contributed by atoms with E-state index in [9.17, 15) is 4.79 Å². The molecule has 4 heterocycles. The molecule has 0 spiro atoms. The van der Waals surface area contributed by atoms with E-state index in [2.05, 4.69) is 20.0 Å². The van der Waals surface area contributed by atoms with Crippen molar-refractivity contribution < 1.29 is 14.1 Å². The number of aromatic nitrogens is 3.